The number of unbranched alkanes of at least 4 members (excludes halogenated alkanes) is 4. The van der Waals surface area contributed by atoms with Crippen LogP contribution in [0.5, 0.6) is 0 Å². The molecule has 0 aliphatic heterocycles. The van der Waals surface area contributed by atoms with Crippen molar-refractivity contribution in [3.63, 3.8) is 0 Å². The summed E-state index contributed by atoms with van der Waals surface area (Å²) < 4.78 is 1.39. The second-order valence-corrected chi connectivity index (χ2v) is 6.66. The standard InChI is InChI=1S/C21H32N4O3/c1-5-20(27)18(17(4)26)14-25-16(3)19(24-21(25)28)13-23-15(2)11-9-7-6-8-10-12-22/h5,13,26-27H,1-2,4,6-12,14,22H2,3H3,(H,24,28)/b20-18+,23-13?. The van der Waals surface area contributed by atoms with Gasteiger partial charge in [-0.1, -0.05) is 39.0 Å². The van der Waals surface area contributed by atoms with Crippen LogP contribution in [0.3, 0.4) is 0 Å². The van der Waals surface area contributed by atoms with Gasteiger partial charge in [-0.3, -0.25) is 9.56 Å². The molecule has 7 nitrogen and oxygen atoms in total. The Morgan fingerprint density at radius 2 is 1.86 bits per heavy atom. The van der Waals surface area contributed by atoms with Gasteiger partial charge in [0.15, 0.2) is 0 Å². The molecule has 0 aliphatic carbocycles. The van der Waals surface area contributed by atoms with Crippen molar-refractivity contribution in [2.24, 2.45) is 10.7 Å². The van der Waals surface area contributed by atoms with E-state index in [1.807, 2.05) is 0 Å². The van der Waals surface area contributed by atoms with Gasteiger partial charge in [0.1, 0.15) is 11.5 Å². The molecule has 154 valence electrons. The lowest BCUT2D eigenvalue weighted by Gasteiger charge is -2.09. The van der Waals surface area contributed by atoms with Crippen LogP contribution in [0.1, 0.15) is 49.9 Å². The third-order valence-corrected chi connectivity index (χ3v) is 4.49. The van der Waals surface area contributed by atoms with Crippen molar-refractivity contribution >= 4 is 6.21 Å². The number of H-pyrrole nitrogens is 1. The van der Waals surface area contributed by atoms with Crippen molar-refractivity contribution in [3.05, 3.63) is 70.5 Å². The van der Waals surface area contributed by atoms with Crippen molar-refractivity contribution in [1.29, 1.82) is 0 Å². The summed E-state index contributed by atoms with van der Waals surface area (Å²) in [5.41, 5.74) is 7.15. The number of rotatable bonds is 13. The van der Waals surface area contributed by atoms with Crippen molar-refractivity contribution in [1.82, 2.24) is 9.55 Å². The Hall–Kier alpha value is -2.80. The summed E-state index contributed by atoms with van der Waals surface area (Å²) in [4.78, 5) is 19.3. The van der Waals surface area contributed by atoms with E-state index in [4.69, 9.17) is 5.73 Å². The van der Waals surface area contributed by atoms with Crippen molar-refractivity contribution < 1.29 is 10.2 Å². The van der Waals surface area contributed by atoms with Gasteiger partial charge >= 0.3 is 5.69 Å². The van der Waals surface area contributed by atoms with E-state index in [2.05, 4.69) is 29.7 Å². The maximum absolute atomic E-state index is 12.2. The van der Waals surface area contributed by atoms with Gasteiger partial charge in [-0.25, -0.2) is 4.79 Å². The molecular weight excluding hydrogens is 356 g/mol. The molecule has 0 bridgehead atoms. The zero-order valence-electron chi connectivity index (χ0n) is 16.7. The molecule has 0 aromatic carbocycles. The third-order valence-electron chi connectivity index (χ3n) is 4.49. The Morgan fingerprint density at radius 1 is 1.21 bits per heavy atom. The number of aliphatic hydroxyl groups excluding tert-OH is 2. The minimum absolute atomic E-state index is 0.0358. The molecule has 0 saturated heterocycles. The molecule has 1 rings (SSSR count). The second kappa shape index (κ2) is 11.8. The fraction of sp³-hybridized carbons (Fsp3) is 0.429. The first-order valence-electron chi connectivity index (χ1n) is 9.45. The van der Waals surface area contributed by atoms with Crippen LogP contribution in [0.15, 0.2) is 58.4 Å². The van der Waals surface area contributed by atoms with E-state index >= 15 is 0 Å². The van der Waals surface area contributed by atoms with Crippen LogP contribution in [-0.4, -0.2) is 32.5 Å². The molecule has 0 atom stereocenters. The minimum Gasteiger partial charge on any atom is -0.508 e. The molecule has 1 heterocycles. The molecule has 0 spiro atoms. The van der Waals surface area contributed by atoms with Crippen LogP contribution in [-0.2, 0) is 6.54 Å². The molecule has 28 heavy (non-hydrogen) atoms. The first-order valence-corrected chi connectivity index (χ1v) is 9.45. The molecule has 0 unspecified atom stereocenters. The Kier molecular flexibility index (Phi) is 9.81. The van der Waals surface area contributed by atoms with Crippen LogP contribution in [0.25, 0.3) is 0 Å². The molecule has 0 aliphatic rings. The van der Waals surface area contributed by atoms with Gasteiger partial charge in [-0.15, -0.1) is 0 Å². The quantitative estimate of drug-likeness (QED) is 0.178. The number of nitrogens with one attached hydrogen (secondary N) is 1. The smallest absolute Gasteiger partial charge is 0.326 e. The van der Waals surface area contributed by atoms with E-state index in [0.29, 0.717) is 11.4 Å². The Morgan fingerprint density at radius 3 is 2.46 bits per heavy atom. The summed E-state index contributed by atoms with van der Waals surface area (Å²) >= 11 is 0. The van der Waals surface area contributed by atoms with E-state index in [1.54, 1.807) is 13.1 Å². The molecule has 1 aromatic rings. The number of aliphatic hydroxyl groups is 2. The molecule has 0 saturated carbocycles. The molecule has 0 fully saturated rings. The summed E-state index contributed by atoms with van der Waals surface area (Å²) in [7, 11) is 0. The fourth-order valence-electron chi connectivity index (χ4n) is 2.71. The Bertz CT molecular complexity index is 812. The third kappa shape index (κ3) is 7.08. The first kappa shape index (κ1) is 23.2. The van der Waals surface area contributed by atoms with Crippen LogP contribution in [0, 0.1) is 6.92 Å². The number of hydrogen-bond acceptors (Lipinski definition) is 5. The normalized spacial score (nSPS) is 12.2. The molecule has 0 radical (unpaired) electrons. The second-order valence-electron chi connectivity index (χ2n) is 6.66. The molecular formula is C21H32N4O3. The number of aromatic amines is 1. The van der Waals surface area contributed by atoms with Gasteiger partial charge in [0, 0.05) is 11.4 Å². The molecule has 5 N–H and O–H groups in total. The number of allylic oxidation sites excluding steroid dienone is 3. The van der Waals surface area contributed by atoms with Crippen LogP contribution >= 0.6 is 0 Å². The van der Waals surface area contributed by atoms with E-state index < -0.39 is 0 Å². The van der Waals surface area contributed by atoms with Gasteiger partial charge < -0.3 is 20.9 Å². The Balaban J connectivity index is 2.76. The van der Waals surface area contributed by atoms with Gasteiger partial charge in [0.2, 0.25) is 0 Å². The zero-order valence-corrected chi connectivity index (χ0v) is 16.7. The monoisotopic (exact) mass is 388 g/mol. The van der Waals surface area contributed by atoms with Gasteiger partial charge in [-0.05, 0) is 38.8 Å². The van der Waals surface area contributed by atoms with E-state index in [9.17, 15) is 15.0 Å². The van der Waals surface area contributed by atoms with Gasteiger partial charge in [0.25, 0.3) is 0 Å². The predicted molar refractivity (Wildman–Crippen MR) is 115 cm³/mol. The van der Waals surface area contributed by atoms with Gasteiger partial charge in [-0.2, -0.15) is 0 Å². The summed E-state index contributed by atoms with van der Waals surface area (Å²) in [6.45, 7) is 13.3. The molecule has 7 heteroatoms. The van der Waals surface area contributed by atoms with E-state index in [-0.39, 0.29) is 29.3 Å². The topological polar surface area (TPSA) is 117 Å². The van der Waals surface area contributed by atoms with Crippen LogP contribution < -0.4 is 11.4 Å². The molecule has 0 amide bonds. The average molecular weight is 389 g/mol. The summed E-state index contributed by atoms with van der Waals surface area (Å²) in [5.74, 6) is -0.546. The SMILES string of the molecule is C=C/C(O)=C(/Cn1c(C)c(C=NC(=C)CCCCCCCN)[nH]c1=O)C(=C)O. The summed E-state index contributed by atoms with van der Waals surface area (Å²) in [5, 5.41) is 19.5. The minimum atomic E-state index is -0.375. The lowest BCUT2D eigenvalue weighted by molar-refractivity contribution is 0.384. The lowest BCUT2D eigenvalue weighted by atomic mass is 10.1. The lowest BCUT2D eigenvalue weighted by Crippen LogP contribution is -2.20. The van der Waals surface area contributed by atoms with Crippen LogP contribution in [0.2, 0.25) is 0 Å². The number of aliphatic imine (C=N–C) groups is 1. The maximum Gasteiger partial charge on any atom is 0.326 e. The van der Waals surface area contributed by atoms with Crippen molar-refractivity contribution in [2.45, 2.75) is 52.0 Å². The highest BCUT2D eigenvalue weighted by atomic mass is 16.3. The number of hydrogen-bond donors (Lipinski definition) is 4. The van der Waals surface area contributed by atoms with Crippen molar-refractivity contribution in [2.75, 3.05) is 6.54 Å². The number of nitrogens with two attached hydrogens (primary N) is 1. The highest BCUT2D eigenvalue weighted by Gasteiger charge is 2.14. The fourth-order valence-corrected chi connectivity index (χ4v) is 2.71. The van der Waals surface area contributed by atoms with E-state index in [1.165, 1.54) is 10.6 Å². The summed E-state index contributed by atoms with van der Waals surface area (Å²) in [6, 6.07) is 0. The molecule has 1 aromatic heterocycles. The number of imidazole rings is 1. The first-order chi connectivity index (χ1) is 13.3. The largest absolute Gasteiger partial charge is 0.508 e. The highest BCUT2D eigenvalue weighted by molar-refractivity contribution is 5.79. The predicted octanol–water partition coefficient (Wildman–Crippen LogP) is 3.79. The van der Waals surface area contributed by atoms with Crippen LogP contribution in [0.4, 0.5) is 0 Å². The van der Waals surface area contributed by atoms with Gasteiger partial charge in [0.05, 0.1) is 24.0 Å². The summed E-state index contributed by atoms with van der Waals surface area (Å²) in [6.07, 6.45) is 9.08. The van der Waals surface area contributed by atoms with E-state index in [0.717, 1.165) is 50.8 Å². The Labute approximate surface area is 166 Å². The van der Waals surface area contributed by atoms with Crippen molar-refractivity contribution in [3.8, 4) is 0 Å². The average Bonchev–Trinajstić information content (AvgIpc) is 2.93. The highest BCUT2D eigenvalue weighted by Crippen LogP contribution is 2.15. The number of aromatic nitrogens is 2. The number of nitrogens with zero attached hydrogens (tertiary/aromatic N) is 2. The maximum atomic E-state index is 12.2. The zero-order chi connectivity index (χ0) is 21.1.